The molecule has 4 rings (SSSR count). The van der Waals surface area contributed by atoms with Crippen molar-refractivity contribution >= 4 is 33.8 Å². The molecule has 0 spiro atoms. The van der Waals surface area contributed by atoms with Crippen molar-refractivity contribution in [1.29, 1.82) is 0 Å². The highest BCUT2D eigenvalue weighted by molar-refractivity contribution is 6.07. The SMILES string of the molecule is CC(C)c1ccc2c(c1)c1cccnc1n2C1CCC(=O)NC(=O)C1. The Balaban J connectivity index is 1.95. The van der Waals surface area contributed by atoms with Gasteiger partial charge in [-0.2, -0.15) is 0 Å². The molecule has 0 bridgehead atoms. The second kappa shape index (κ2) is 5.99. The van der Waals surface area contributed by atoms with E-state index in [-0.39, 0.29) is 17.9 Å². The van der Waals surface area contributed by atoms with Gasteiger partial charge in [0.15, 0.2) is 0 Å². The van der Waals surface area contributed by atoms with Crippen LogP contribution in [-0.4, -0.2) is 21.4 Å². The molecular weight excluding hydrogens is 314 g/mol. The molecule has 5 heteroatoms. The Bertz CT molecular complexity index is 987. The minimum Gasteiger partial charge on any atom is -0.322 e. The lowest BCUT2D eigenvalue weighted by Crippen LogP contribution is -2.28. The van der Waals surface area contributed by atoms with Gasteiger partial charge in [-0.15, -0.1) is 0 Å². The van der Waals surface area contributed by atoms with Crippen LogP contribution in [0.2, 0.25) is 0 Å². The Morgan fingerprint density at radius 3 is 2.80 bits per heavy atom. The van der Waals surface area contributed by atoms with Crippen LogP contribution in [0.3, 0.4) is 0 Å². The van der Waals surface area contributed by atoms with Gasteiger partial charge in [0.25, 0.3) is 0 Å². The maximum absolute atomic E-state index is 12.0. The first-order chi connectivity index (χ1) is 12.0. The number of nitrogens with zero attached hydrogens (tertiary/aromatic N) is 2. The van der Waals surface area contributed by atoms with Gasteiger partial charge in [-0.25, -0.2) is 4.98 Å². The molecule has 3 heterocycles. The first-order valence-electron chi connectivity index (χ1n) is 8.76. The van der Waals surface area contributed by atoms with Crippen molar-refractivity contribution in [1.82, 2.24) is 14.9 Å². The minimum absolute atomic E-state index is 0.0637. The third kappa shape index (κ3) is 2.69. The van der Waals surface area contributed by atoms with E-state index in [2.05, 4.69) is 53.0 Å². The van der Waals surface area contributed by atoms with Crippen molar-refractivity contribution in [2.24, 2.45) is 0 Å². The molecule has 1 N–H and O–H groups in total. The molecular formula is C20H21N3O2. The van der Waals surface area contributed by atoms with Gasteiger partial charge >= 0.3 is 0 Å². The van der Waals surface area contributed by atoms with Crippen LogP contribution < -0.4 is 5.32 Å². The Morgan fingerprint density at radius 1 is 1.16 bits per heavy atom. The molecule has 2 aromatic heterocycles. The topological polar surface area (TPSA) is 64.0 Å². The number of benzene rings is 1. The lowest BCUT2D eigenvalue weighted by molar-refractivity contribution is -0.129. The molecule has 5 nitrogen and oxygen atoms in total. The molecule has 1 atom stereocenters. The van der Waals surface area contributed by atoms with Crippen LogP contribution in [0.25, 0.3) is 21.9 Å². The summed E-state index contributed by atoms with van der Waals surface area (Å²) in [6, 6.07) is 10.4. The summed E-state index contributed by atoms with van der Waals surface area (Å²) in [7, 11) is 0. The standard InChI is InChI=1S/C20H21N3O2/c1-12(2)13-5-7-17-16(10-13)15-4-3-9-21-20(15)23(17)14-6-8-18(24)22-19(25)11-14/h3-5,7,9-10,12,14H,6,8,11H2,1-2H3,(H,22,24,25). The largest absolute Gasteiger partial charge is 0.322 e. The van der Waals surface area contributed by atoms with Crippen molar-refractivity contribution in [3.05, 3.63) is 42.1 Å². The number of aromatic nitrogens is 2. The summed E-state index contributed by atoms with van der Waals surface area (Å²) >= 11 is 0. The summed E-state index contributed by atoms with van der Waals surface area (Å²) in [5.41, 5.74) is 3.24. The van der Waals surface area contributed by atoms with E-state index in [0.717, 1.165) is 21.9 Å². The molecule has 1 unspecified atom stereocenters. The normalized spacial score (nSPS) is 18.8. The van der Waals surface area contributed by atoms with Gasteiger partial charge in [0.1, 0.15) is 5.65 Å². The summed E-state index contributed by atoms with van der Waals surface area (Å²) in [6.07, 6.45) is 3.07. The minimum atomic E-state index is -0.211. The van der Waals surface area contributed by atoms with Gasteiger partial charge in [0.05, 0.1) is 5.52 Å². The molecule has 0 radical (unpaired) electrons. The Kier molecular flexibility index (Phi) is 3.79. The quantitative estimate of drug-likeness (QED) is 0.727. The number of hydrogen-bond acceptors (Lipinski definition) is 3. The monoisotopic (exact) mass is 335 g/mol. The fourth-order valence-electron chi connectivity index (χ4n) is 3.72. The van der Waals surface area contributed by atoms with Crippen molar-refractivity contribution in [2.75, 3.05) is 0 Å². The third-order valence-corrected chi connectivity index (χ3v) is 5.02. The summed E-state index contributed by atoms with van der Waals surface area (Å²) in [4.78, 5) is 28.3. The molecule has 25 heavy (non-hydrogen) atoms. The fraction of sp³-hybridized carbons (Fsp3) is 0.350. The van der Waals surface area contributed by atoms with Crippen molar-refractivity contribution in [3.8, 4) is 0 Å². The second-order valence-electron chi connectivity index (χ2n) is 7.04. The van der Waals surface area contributed by atoms with Crippen LogP contribution in [0.5, 0.6) is 0 Å². The van der Waals surface area contributed by atoms with E-state index in [0.29, 0.717) is 25.2 Å². The predicted molar refractivity (Wildman–Crippen MR) is 97.4 cm³/mol. The second-order valence-corrected chi connectivity index (χ2v) is 7.04. The number of fused-ring (bicyclic) bond motifs is 3. The highest BCUT2D eigenvalue weighted by Crippen LogP contribution is 2.35. The molecule has 1 aliphatic heterocycles. The highest BCUT2D eigenvalue weighted by Gasteiger charge is 2.26. The van der Waals surface area contributed by atoms with Gasteiger partial charge in [0, 0.05) is 35.9 Å². The summed E-state index contributed by atoms with van der Waals surface area (Å²) in [5, 5.41) is 4.69. The summed E-state index contributed by atoms with van der Waals surface area (Å²) in [5.74, 6) is 0.0429. The number of hydrogen-bond donors (Lipinski definition) is 1. The maximum Gasteiger partial charge on any atom is 0.228 e. The lowest BCUT2D eigenvalue weighted by Gasteiger charge is -2.17. The number of imide groups is 1. The third-order valence-electron chi connectivity index (χ3n) is 5.02. The average Bonchev–Trinajstić information content (AvgIpc) is 2.82. The van der Waals surface area contributed by atoms with Gasteiger partial charge < -0.3 is 4.57 Å². The van der Waals surface area contributed by atoms with E-state index in [1.165, 1.54) is 5.56 Å². The van der Waals surface area contributed by atoms with E-state index in [1.807, 2.05) is 6.07 Å². The number of nitrogens with one attached hydrogen (secondary N) is 1. The van der Waals surface area contributed by atoms with Crippen molar-refractivity contribution in [3.63, 3.8) is 0 Å². The Hall–Kier alpha value is -2.69. The summed E-state index contributed by atoms with van der Waals surface area (Å²) < 4.78 is 2.15. The van der Waals surface area contributed by atoms with E-state index in [1.54, 1.807) is 6.20 Å². The van der Waals surface area contributed by atoms with Crippen LogP contribution in [0.1, 0.15) is 50.6 Å². The summed E-state index contributed by atoms with van der Waals surface area (Å²) in [6.45, 7) is 4.36. The number of carbonyl (C=O) groups excluding carboxylic acids is 2. The number of amides is 2. The fourth-order valence-corrected chi connectivity index (χ4v) is 3.72. The van der Waals surface area contributed by atoms with Crippen molar-refractivity contribution < 1.29 is 9.59 Å². The number of carbonyl (C=O) groups is 2. The van der Waals surface area contributed by atoms with E-state index < -0.39 is 0 Å². The molecule has 1 saturated heterocycles. The maximum atomic E-state index is 12.0. The first kappa shape index (κ1) is 15.8. The molecule has 1 aromatic carbocycles. The van der Waals surface area contributed by atoms with Crippen LogP contribution in [0.4, 0.5) is 0 Å². The van der Waals surface area contributed by atoms with Gasteiger partial charge in [0.2, 0.25) is 11.8 Å². The zero-order valence-electron chi connectivity index (χ0n) is 14.5. The van der Waals surface area contributed by atoms with E-state index >= 15 is 0 Å². The lowest BCUT2D eigenvalue weighted by atomic mass is 10.0. The smallest absolute Gasteiger partial charge is 0.228 e. The first-order valence-corrected chi connectivity index (χ1v) is 8.76. The molecule has 0 aliphatic carbocycles. The zero-order valence-corrected chi connectivity index (χ0v) is 14.5. The molecule has 0 saturated carbocycles. The zero-order chi connectivity index (χ0) is 17.6. The van der Waals surface area contributed by atoms with E-state index in [4.69, 9.17) is 0 Å². The highest BCUT2D eigenvalue weighted by atomic mass is 16.2. The van der Waals surface area contributed by atoms with Crippen LogP contribution in [0, 0.1) is 0 Å². The molecule has 128 valence electrons. The van der Waals surface area contributed by atoms with E-state index in [9.17, 15) is 9.59 Å². The van der Waals surface area contributed by atoms with Gasteiger partial charge in [-0.3, -0.25) is 14.9 Å². The average molecular weight is 335 g/mol. The predicted octanol–water partition coefficient (Wildman–Crippen LogP) is 3.68. The number of rotatable bonds is 2. The van der Waals surface area contributed by atoms with Crippen LogP contribution in [-0.2, 0) is 9.59 Å². The van der Waals surface area contributed by atoms with Crippen molar-refractivity contribution in [2.45, 2.75) is 45.1 Å². The Morgan fingerprint density at radius 2 is 2.00 bits per heavy atom. The van der Waals surface area contributed by atoms with Gasteiger partial charge in [-0.1, -0.05) is 19.9 Å². The molecule has 1 fully saturated rings. The van der Waals surface area contributed by atoms with Gasteiger partial charge in [-0.05, 0) is 42.2 Å². The molecule has 1 aliphatic rings. The number of pyridine rings is 1. The van der Waals surface area contributed by atoms with Crippen LogP contribution >= 0.6 is 0 Å². The molecule has 2 amide bonds. The molecule has 3 aromatic rings. The van der Waals surface area contributed by atoms with Crippen LogP contribution in [0.15, 0.2) is 36.5 Å². The Labute approximate surface area is 146 Å².